The van der Waals surface area contributed by atoms with Gasteiger partial charge >= 0.3 is 6.72 Å². The van der Waals surface area contributed by atoms with Crippen molar-refractivity contribution in [1.82, 2.24) is 9.97 Å². The van der Waals surface area contributed by atoms with E-state index >= 15 is 0 Å². The molecule has 0 fully saturated rings. The Morgan fingerprint density at radius 2 is 1.70 bits per heavy atom. The van der Waals surface area contributed by atoms with Crippen molar-refractivity contribution in [3.8, 4) is 17.2 Å². The summed E-state index contributed by atoms with van der Waals surface area (Å²) in [5.74, 6) is 2.14. The molecule has 0 spiro atoms. The summed E-state index contributed by atoms with van der Waals surface area (Å²) in [5.41, 5.74) is 1.67. The third kappa shape index (κ3) is 4.84. The molecule has 3 rings (SSSR count). The molecule has 0 aliphatic carbocycles. The van der Waals surface area contributed by atoms with Crippen molar-refractivity contribution < 1.29 is 23.8 Å². The zero-order valence-corrected chi connectivity index (χ0v) is 16.3. The number of fused-ring (bicyclic) bond motifs is 1. The van der Waals surface area contributed by atoms with Crippen LogP contribution in [-0.4, -0.2) is 34.0 Å². The van der Waals surface area contributed by atoms with Crippen LogP contribution in [0.5, 0.6) is 17.2 Å². The molecule has 0 radical (unpaired) electrons. The molecule has 10 heteroatoms. The first kappa shape index (κ1) is 19.3. The summed E-state index contributed by atoms with van der Waals surface area (Å²) in [7, 11) is 3.14. The lowest BCUT2D eigenvalue weighted by molar-refractivity contribution is 0.356. The number of nitrogens with one attached hydrogen (secondary N) is 1. The highest BCUT2D eigenvalue weighted by Crippen LogP contribution is 2.38. The van der Waals surface area contributed by atoms with Crippen molar-refractivity contribution >= 4 is 35.2 Å². The molecule has 0 saturated carbocycles. The minimum atomic E-state index is -3.73. The van der Waals surface area contributed by atoms with Crippen LogP contribution < -0.4 is 19.3 Å². The second kappa shape index (κ2) is 8.06. The van der Waals surface area contributed by atoms with Gasteiger partial charge in [-0.15, -0.1) is 0 Å². The number of rotatable bonds is 7. The molecule has 0 unspecified atom stereocenters. The molecule has 0 atom stereocenters. The van der Waals surface area contributed by atoms with Gasteiger partial charge in [-0.2, -0.15) is 0 Å². The van der Waals surface area contributed by atoms with Gasteiger partial charge < -0.3 is 29.1 Å². The Bertz CT molecular complexity index is 994. The third-order valence-corrected chi connectivity index (χ3v) is 4.42. The quantitative estimate of drug-likeness (QED) is 0.510. The van der Waals surface area contributed by atoms with E-state index in [4.69, 9.17) is 14.0 Å². The smallest absolute Gasteiger partial charge is 0.375 e. The Kier molecular flexibility index (Phi) is 5.76. The molecule has 0 aliphatic rings. The maximum absolute atomic E-state index is 9.19. The molecule has 3 N–H and O–H groups in total. The zero-order chi connectivity index (χ0) is 19.4. The van der Waals surface area contributed by atoms with Gasteiger partial charge in [-0.1, -0.05) is 12.1 Å². The number of methoxy groups -OCH3 is 2. The summed E-state index contributed by atoms with van der Waals surface area (Å²) < 4.78 is 15.5. The normalized spacial score (nSPS) is 11.3. The highest BCUT2D eigenvalue weighted by Gasteiger charge is 2.12. The van der Waals surface area contributed by atoms with Crippen LogP contribution in [0.4, 0.5) is 5.82 Å². The number of anilines is 1. The van der Waals surface area contributed by atoms with Crippen molar-refractivity contribution in [2.75, 3.05) is 19.5 Å². The van der Waals surface area contributed by atoms with E-state index in [2.05, 4.69) is 27.1 Å². The van der Waals surface area contributed by atoms with E-state index in [-0.39, 0.29) is 0 Å². The molecule has 0 aliphatic heterocycles. The lowest BCUT2D eigenvalue weighted by atomic mass is 10.2. The van der Waals surface area contributed by atoms with E-state index in [1.165, 1.54) is 6.33 Å². The summed E-state index contributed by atoms with van der Waals surface area (Å²) in [4.78, 5) is 26.9. The number of benzene rings is 2. The number of hydrogen-bond donors (Lipinski definition) is 3. The fourth-order valence-corrected chi connectivity index (χ4v) is 3.17. The number of hydrogen-bond acceptors (Lipinski definition) is 7. The van der Waals surface area contributed by atoms with E-state index in [0.29, 0.717) is 29.6 Å². The maximum Gasteiger partial charge on any atom is 0.375 e. The highest BCUT2D eigenvalue weighted by atomic mass is 32.5. The van der Waals surface area contributed by atoms with Gasteiger partial charge in [-0.05, 0) is 23.8 Å². The summed E-state index contributed by atoms with van der Waals surface area (Å²) >= 11 is 4.45. The molecule has 142 valence electrons. The summed E-state index contributed by atoms with van der Waals surface area (Å²) in [6.45, 7) is -3.24. The van der Waals surface area contributed by atoms with Gasteiger partial charge in [0, 0.05) is 29.8 Å². The van der Waals surface area contributed by atoms with Crippen molar-refractivity contribution in [3.05, 3.63) is 48.3 Å². The van der Waals surface area contributed by atoms with Crippen LogP contribution in [0.15, 0.2) is 42.7 Å². The Hall–Kier alpha value is -2.45. The fourth-order valence-electron chi connectivity index (χ4n) is 2.52. The molecular weight excluding hydrogens is 389 g/mol. The summed E-state index contributed by atoms with van der Waals surface area (Å²) in [5, 5.41) is 4.06. The van der Waals surface area contributed by atoms with Gasteiger partial charge in [0.2, 0.25) is 0 Å². The predicted octanol–water partition coefficient (Wildman–Crippen LogP) is 2.85. The van der Waals surface area contributed by atoms with Crippen LogP contribution in [0.3, 0.4) is 0 Å². The van der Waals surface area contributed by atoms with Crippen molar-refractivity contribution in [3.63, 3.8) is 0 Å². The minimum Gasteiger partial charge on any atom is -0.493 e. The van der Waals surface area contributed by atoms with Gasteiger partial charge in [0.1, 0.15) is 17.9 Å². The Morgan fingerprint density at radius 1 is 1.04 bits per heavy atom. The molecule has 0 amide bonds. The summed E-state index contributed by atoms with van der Waals surface area (Å²) in [6, 6.07) is 10.4. The number of ether oxygens (including phenoxy) is 2. The Balaban J connectivity index is 1.79. The van der Waals surface area contributed by atoms with Gasteiger partial charge in [-0.25, -0.2) is 9.97 Å². The van der Waals surface area contributed by atoms with E-state index < -0.39 is 6.72 Å². The van der Waals surface area contributed by atoms with Crippen molar-refractivity contribution in [1.29, 1.82) is 0 Å². The minimum absolute atomic E-state index is 0.302. The molecular formula is C17H18N3O5PS. The van der Waals surface area contributed by atoms with Gasteiger partial charge in [0.25, 0.3) is 0 Å². The van der Waals surface area contributed by atoms with Crippen molar-refractivity contribution in [2.24, 2.45) is 0 Å². The van der Waals surface area contributed by atoms with Crippen LogP contribution in [0.25, 0.3) is 10.9 Å². The molecule has 0 saturated heterocycles. The van der Waals surface area contributed by atoms with E-state index in [9.17, 15) is 9.79 Å². The summed E-state index contributed by atoms with van der Waals surface area (Å²) in [6.07, 6.45) is 1.48. The van der Waals surface area contributed by atoms with Crippen LogP contribution >= 0.6 is 6.72 Å². The first-order valence-electron chi connectivity index (χ1n) is 7.84. The molecule has 8 nitrogen and oxygen atoms in total. The number of nitrogens with zero attached hydrogens (tertiary/aromatic N) is 2. The van der Waals surface area contributed by atoms with Gasteiger partial charge in [0.05, 0.1) is 19.7 Å². The van der Waals surface area contributed by atoms with Crippen LogP contribution in [0, 0.1) is 0 Å². The van der Waals surface area contributed by atoms with Gasteiger partial charge in [0.15, 0.2) is 11.5 Å². The second-order valence-corrected chi connectivity index (χ2v) is 8.12. The van der Waals surface area contributed by atoms with Crippen LogP contribution in [0.2, 0.25) is 0 Å². The SMILES string of the molecule is COc1cc2ncnc(NCc3ccc(OP(O)(O)=S)cc3)c2cc1OC. The highest BCUT2D eigenvalue weighted by molar-refractivity contribution is 8.06. The monoisotopic (exact) mass is 407 g/mol. The Morgan fingerprint density at radius 3 is 2.33 bits per heavy atom. The molecule has 1 aromatic heterocycles. The van der Waals surface area contributed by atoms with Crippen molar-refractivity contribution in [2.45, 2.75) is 6.54 Å². The largest absolute Gasteiger partial charge is 0.493 e. The van der Waals surface area contributed by atoms with Gasteiger partial charge in [-0.3, -0.25) is 0 Å². The average molecular weight is 407 g/mol. The second-order valence-electron chi connectivity index (χ2n) is 5.53. The first-order valence-corrected chi connectivity index (χ1v) is 10.5. The molecule has 0 bridgehead atoms. The maximum atomic E-state index is 9.19. The first-order chi connectivity index (χ1) is 12.9. The predicted molar refractivity (Wildman–Crippen MR) is 106 cm³/mol. The van der Waals surface area contributed by atoms with E-state index in [1.807, 2.05) is 6.07 Å². The van der Waals surface area contributed by atoms with Crippen LogP contribution in [-0.2, 0) is 18.4 Å². The third-order valence-electron chi connectivity index (χ3n) is 3.75. The lowest BCUT2D eigenvalue weighted by Gasteiger charge is -2.13. The molecule has 3 aromatic rings. The standard InChI is InChI=1S/C17H18N3O5PS/c1-23-15-7-13-14(8-16(15)24-2)19-10-20-17(13)18-9-11-3-5-12(6-4-11)25-26(21,22)27/h3-8,10H,9H2,1-2H3,(H,18,19,20)(H2,21,22,27). The Labute approximate surface area is 161 Å². The van der Waals surface area contributed by atoms with E-state index in [0.717, 1.165) is 16.5 Å². The average Bonchev–Trinajstić information content (AvgIpc) is 2.65. The molecule has 27 heavy (non-hydrogen) atoms. The fraction of sp³-hybridized carbons (Fsp3) is 0.176. The topological polar surface area (TPSA) is 106 Å². The molecule has 1 heterocycles. The molecule has 2 aromatic carbocycles. The number of aromatic nitrogens is 2. The van der Waals surface area contributed by atoms with E-state index in [1.54, 1.807) is 44.6 Å². The van der Waals surface area contributed by atoms with Crippen LogP contribution in [0.1, 0.15) is 5.56 Å². The lowest BCUT2D eigenvalue weighted by Crippen LogP contribution is -2.03. The zero-order valence-electron chi connectivity index (χ0n) is 14.6.